The van der Waals surface area contributed by atoms with Gasteiger partial charge in [-0.1, -0.05) is 0 Å². The van der Waals surface area contributed by atoms with Gasteiger partial charge in [-0.25, -0.2) is 9.59 Å². The van der Waals surface area contributed by atoms with Crippen LogP contribution in [-0.4, -0.2) is 27.1 Å². The summed E-state index contributed by atoms with van der Waals surface area (Å²) in [4.78, 5) is 22.9. The van der Waals surface area contributed by atoms with E-state index in [9.17, 15) is 9.59 Å². The zero-order valence-corrected chi connectivity index (χ0v) is 7.70. The predicted molar refractivity (Wildman–Crippen MR) is 53.1 cm³/mol. The van der Waals surface area contributed by atoms with Crippen LogP contribution in [0.3, 0.4) is 0 Å². The van der Waals surface area contributed by atoms with Gasteiger partial charge < -0.3 is 15.9 Å². The van der Waals surface area contributed by atoms with E-state index in [2.05, 4.69) is 4.98 Å². The van der Waals surface area contributed by atoms with Crippen molar-refractivity contribution >= 4 is 17.6 Å². The first kappa shape index (κ1) is 12.6. The molecule has 1 heterocycles. The van der Waals surface area contributed by atoms with Crippen LogP contribution >= 0.6 is 0 Å². The molecule has 0 aliphatic rings. The van der Waals surface area contributed by atoms with E-state index in [0.29, 0.717) is 17.8 Å². The summed E-state index contributed by atoms with van der Waals surface area (Å²) in [5, 5.41) is 15.6. The second kappa shape index (κ2) is 7.07. The smallest absolute Gasteiger partial charge is 0.328 e. The van der Waals surface area contributed by atoms with E-state index in [-0.39, 0.29) is 0 Å². The molecule has 0 unspecified atom stereocenters. The third-order valence-corrected chi connectivity index (χ3v) is 1.05. The third kappa shape index (κ3) is 9.54. The van der Waals surface area contributed by atoms with Gasteiger partial charge in [0.25, 0.3) is 0 Å². The fraction of sp³-hybridized carbons (Fsp3) is 0. The topological polar surface area (TPSA) is 114 Å². The average molecular weight is 210 g/mol. The van der Waals surface area contributed by atoms with Gasteiger partial charge in [-0.2, -0.15) is 0 Å². The molecule has 6 nitrogen and oxygen atoms in total. The van der Waals surface area contributed by atoms with Crippen molar-refractivity contribution in [1.82, 2.24) is 4.98 Å². The van der Waals surface area contributed by atoms with Crippen LogP contribution < -0.4 is 5.73 Å². The maximum Gasteiger partial charge on any atom is 0.328 e. The lowest BCUT2D eigenvalue weighted by Gasteiger charge is -1.83. The monoisotopic (exact) mass is 210 g/mol. The summed E-state index contributed by atoms with van der Waals surface area (Å²) in [5.74, 6) is -2.51. The summed E-state index contributed by atoms with van der Waals surface area (Å²) in [6.07, 6.45) is 4.42. The van der Waals surface area contributed by atoms with Gasteiger partial charge in [0, 0.05) is 24.5 Å². The maximum absolute atomic E-state index is 9.55. The van der Waals surface area contributed by atoms with Gasteiger partial charge in [-0.05, 0) is 12.1 Å². The number of aromatic nitrogens is 1. The molecule has 6 heteroatoms. The molecule has 0 amide bonds. The van der Waals surface area contributed by atoms with Gasteiger partial charge in [0.05, 0.1) is 5.69 Å². The van der Waals surface area contributed by atoms with Crippen LogP contribution in [0.4, 0.5) is 5.69 Å². The van der Waals surface area contributed by atoms with Gasteiger partial charge in [0.1, 0.15) is 0 Å². The predicted octanol–water partition coefficient (Wildman–Crippen LogP) is 0.376. The number of carbonyl (C=O) groups is 2. The van der Waals surface area contributed by atoms with E-state index in [0.717, 1.165) is 0 Å². The molecule has 4 N–H and O–H groups in total. The zero-order valence-electron chi connectivity index (χ0n) is 7.70. The minimum absolute atomic E-state index is 0.558. The first-order chi connectivity index (χ1) is 7.02. The Bertz CT molecular complexity index is 332. The summed E-state index contributed by atoms with van der Waals surface area (Å²) in [5.41, 5.74) is 6.01. The van der Waals surface area contributed by atoms with Gasteiger partial charge in [0.15, 0.2) is 0 Å². The molecule has 0 saturated carbocycles. The van der Waals surface area contributed by atoms with Crippen molar-refractivity contribution in [2.75, 3.05) is 5.73 Å². The van der Waals surface area contributed by atoms with Crippen LogP contribution in [0.5, 0.6) is 0 Å². The van der Waals surface area contributed by atoms with Gasteiger partial charge in [0.2, 0.25) is 0 Å². The molecule has 15 heavy (non-hydrogen) atoms. The van der Waals surface area contributed by atoms with Crippen molar-refractivity contribution in [3.05, 3.63) is 36.7 Å². The summed E-state index contributed by atoms with van der Waals surface area (Å²) in [6.45, 7) is 0. The Labute approximate surface area is 85.7 Å². The minimum Gasteiger partial charge on any atom is -0.478 e. The summed E-state index contributed by atoms with van der Waals surface area (Å²) < 4.78 is 0. The minimum atomic E-state index is -1.26. The van der Waals surface area contributed by atoms with E-state index < -0.39 is 11.9 Å². The molecule has 0 fully saturated rings. The Morgan fingerprint density at radius 2 is 1.80 bits per heavy atom. The summed E-state index contributed by atoms with van der Waals surface area (Å²) in [6, 6.07) is 3.60. The van der Waals surface area contributed by atoms with Crippen LogP contribution in [0.1, 0.15) is 0 Å². The van der Waals surface area contributed by atoms with Crippen molar-refractivity contribution in [2.45, 2.75) is 0 Å². The van der Waals surface area contributed by atoms with Crippen molar-refractivity contribution in [1.29, 1.82) is 0 Å². The number of rotatable bonds is 2. The highest BCUT2D eigenvalue weighted by Gasteiger charge is 1.88. The molecule has 0 spiro atoms. The van der Waals surface area contributed by atoms with Crippen LogP contribution in [-0.2, 0) is 9.59 Å². The Morgan fingerprint density at radius 1 is 1.27 bits per heavy atom. The van der Waals surface area contributed by atoms with E-state index >= 15 is 0 Å². The molecule has 0 radical (unpaired) electrons. The van der Waals surface area contributed by atoms with Gasteiger partial charge in [-0.3, -0.25) is 4.98 Å². The molecular formula is C9H10N2O4. The van der Waals surface area contributed by atoms with Crippen LogP contribution in [0.25, 0.3) is 0 Å². The molecule has 1 rings (SSSR count). The van der Waals surface area contributed by atoms with Crippen molar-refractivity contribution in [3.63, 3.8) is 0 Å². The number of carboxylic acids is 2. The van der Waals surface area contributed by atoms with Crippen molar-refractivity contribution < 1.29 is 19.8 Å². The van der Waals surface area contributed by atoms with E-state index in [1.807, 2.05) is 0 Å². The lowest BCUT2D eigenvalue weighted by molar-refractivity contribution is -0.134. The van der Waals surface area contributed by atoms with E-state index in [1.54, 1.807) is 24.5 Å². The van der Waals surface area contributed by atoms with E-state index in [4.69, 9.17) is 15.9 Å². The number of carboxylic acid groups (broad SMARTS) is 2. The van der Waals surface area contributed by atoms with Crippen LogP contribution in [0.2, 0.25) is 0 Å². The van der Waals surface area contributed by atoms with Crippen LogP contribution in [0.15, 0.2) is 36.7 Å². The number of nitrogens with zero attached hydrogens (tertiary/aromatic N) is 1. The highest BCUT2D eigenvalue weighted by Crippen LogP contribution is 1.92. The highest BCUT2D eigenvalue weighted by molar-refractivity contribution is 5.89. The third-order valence-electron chi connectivity index (χ3n) is 1.05. The van der Waals surface area contributed by atoms with Gasteiger partial charge >= 0.3 is 11.9 Å². The normalized spacial score (nSPS) is 9.07. The molecule has 0 atom stereocenters. The second-order valence-corrected chi connectivity index (χ2v) is 2.30. The van der Waals surface area contributed by atoms with Crippen molar-refractivity contribution in [2.24, 2.45) is 0 Å². The number of anilines is 1. The Balaban J connectivity index is 0.000000262. The first-order valence-corrected chi connectivity index (χ1v) is 3.82. The van der Waals surface area contributed by atoms with E-state index in [1.165, 1.54) is 0 Å². The number of aliphatic carboxylic acids is 2. The lowest BCUT2D eigenvalue weighted by Crippen LogP contribution is -1.91. The number of hydrogen-bond donors (Lipinski definition) is 3. The Kier molecular flexibility index (Phi) is 5.96. The number of nitrogen functional groups attached to an aromatic ring is 1. The first-order valence-electron chi connectivity index (χ1n) is 3.82. The standard InChI is InChI=1S/C5H6N2.C4H4O4/c6-5-2-1-3-7-4-5;5-3(6)1-2-4(7)8/h1-4H,6H2;1-2H,(H,5,6)(H,7,8). The van der Waals surface area contributed by atoms with Crippen molar-refractivity contribution in [3.8, 4) is 0 Å². The number of hydrogen-bond acceptors (Lipinski definition) is 4. The molecule has 80 valence electrons. The molecular weight excluding hydrogens is 200 g/mol. The van der Waals surface area contributed by atoms with Crippen LogP contribution in [0, 0.1) is 0 Å². The molecule has 1 aromatic heterocycles. The lowest BCUT2D eigenvalue weighted by atomic mass is 10.4. The molecule has 0 aliphatic carbocycles. The molecule has 0 bridgehead atoms. The fourth-order valence-electron chi connectivity index (χ4n) is 0.519. The molecule has 1 aromatic rings. The SMILES string of the molecule is Nc1cccnc1.O=C(O)C=CC(=O)O. The average Bonchev–Trinajstić information content (AvgIpc) is 2.17. The van der Waals surface area contributed by atoms with Gasteiger partial charge in [-0.15, -0.1) is 0 Å². The summed E-state index contributed by atoms with van der Waals surface area (Å²) >= 11 is 0. The zero-order chi connectivity index (χ0) is 11.7. The molecule has 0 aliphatic heterocycles. The highest BCUT2D eigenvalue weighted by atomic mass is 16.4. The largest absolute Gasteiger partial charge is 0.478 e. The molecule has 0 saturated heterocycles. The maximum atomic E-state index is 9.55. The Hall–Kier alpha value is -2.37. The Morgan fingerprint density at radius 3 is 2.00 bits per heavy atom. The molecule has 0 aromatic carbocycles. The quantitative estimate of drug-likeness (QED) is 0.608. The summed E-state index contributed by atoms with van der Waals surface area (Å²) in [7, 11) is 0. The number of pyridine rings is 1. The second-order valence-electron chi connectivity index (χ2n) is 2.30. The fourth-order valence-corrected chi connectivity index (χ4v) is 0.519. The number of nitrogens with two attached hydrogens (primary N) is 1.